The Labute approximate surface area is 269 Å². The van der Waals surface area contributed by atoms with Crippen molar-refractivity contribution in [3.05, 3.63) is 137 Å². The van der Waals surface area contributed by atoms with Crippen LogP contribution >= 0.6 is 0 Å². The van der Waals surface area contributed by atoms with E-state index >= 15 is 22.0 Å². The zero-order valence-electron chi connectivity index (χ0n) is 25.2. The number of halogens is 10. The van der Waals surface area contributed by atoms with Gasteiger partial charge in [-0.2, -0.15) is 22.0 Å². The van der Waals surface area contributed by atoms with Gasteiger partial charge in [-0.25, -0.2) is 22.0 Å². The lowest BCUT2D eigenvalue weighted by molar-refractivity contribution is -0.189. The van der Waals surface area contributed by atoms with Gasteiger partial charge in [0.05, 0.1) is 5.56 Å². The van der Waals surface area contributed by atoms with Gasteiger partial charge in [0.1, 0.15) is 40.4 Å². The molecule has 5 rings (SSSR count). The lowest BCUT2D eigenvalue weighted by atomic mass is 9.97. The minimum Gasteiger partial charge on any atom is -0.429 e. The number of aryl methyl sites for hydroxylation is 1. The van der Waals surface area contributed by atoms with Crippen molar-refractivity contribution in [2.45, 2.75) is 44.9 Å². The summed E-state index contributed by atoms with van der Waals surface area (Å²) in [5, 5.41) is 0. The van der Waals surface area contributed by atoms with Gasteiger partial charge < -0.3 is 4.74 Å². The molecule has 0 atom stereocenters. The number of benzene rings is 5. The first-order chi connectivity index (χ1) is 22.7. The SMILES string of the molecule is CCCCCc1ccc(-c2ccc(-c3cc(F)c(C(F)(F)Oc4ccc(-c5ccc(C(F)(F)F)c(F)c5)c(F)c4)c(F)c3)c(F)c2)cc1. The molecule has 0 unspecified atom stereocenters. The molecule has 0 bridgehead atoms. The van der Waals surface area contributed by atoms with Gasteiger partial charge in [-0.15, -0.1) is 0 Å². The molecule has 0 aliphatic heterocycles. The van der Waals surface area contributed by atoms with Crippen molar-refractivity contribution in [2.24, 2.45) is 0 Å². The van der Waals surface area contributed by atoms with Gasteiger partial charge in [-0.1, -0.05) is 62.2 Å². The van der Waals surface area contributed by atoms with E-state index in [2.05, 4.69) is 11.7 Å². The maximum Gasteiger partial charge on any atom is 0.432 e. The average Bonchev–Trinajstić information content (AvgIpc) is 3.00. The molecule has 5 aromatic carbocycles. The van der Waals surface area contributed by atoms with E-state index in [4.69, 9.17) is 0 Å². The Hall–Kier alpha value is -4.80. The first kappa shape index (κ1) is 34.5. The smallest absolute Gasteiger partial charge is 0.429 e. The van der Waals surface area contributed by atoms with E-state index in [1.807, 2.05) is 24.3 Å². The second-order valence-electron chi connectivity index (χ2n) is 11.1. The molecule has 0 saturated carbocycles. The second-order valence-corrected chi connectivity index (χ2v) is 11.1. The van der Waals surface area contributed by atoms with Crippen LogP contribution in [-0.4, -0.2) is 0 Å². The van der Waals surface area contributed by atoms with Crippen LogP contribution < -0.4 is 4.74 Å². The highest BCUT2D eigenvalue weighted by Gasteiger charge is 2.41. The average molecular weight is 677 g/mol. The van der Waals surface area contributed by atoms with Gasteiger partial charge in [-0.05, 0) is 83.1 Å². The fourth-order valence-corrected chi connectivity index (χ4v) is 5.28. The van der Waals surface area contributed by atoms with Crippen molar-refractivity contribution in [1.82, 2.24) is 0 Å². The van der Waals surface area contributed by atoms with Crippen molar-refractivity contribution in [2.75, 3.05) is 0 Å². The van der Waals surface area contributed by atoms with Gasteiger partial charge in [0.25, 0.3) is 0 Å². The van der Waals surface area contributed by atoms with Gasteiger partial charge in [0.2, 0.25) is 0 Å². The summed E-state index contributed by atoms with van der Waals surface area (Å²) in [4.78, 5) is 0. The summed E-state index contributed by atoms with van der Waals surface area (Å²) >= 11 is 0. The largest absolute Gasteiger partial charge is 0.432 e. The number of unbranched alkanes of at least 4 members (excludes halogenated alkanes) is 2. The fourth-order valence-electron chi connectivity index (χ4n) is 5.28. The van der Waals surface area contributed by atoms with Gasteiger partial charge in [0.15, 0.2) is 0 Å². The normalized spacial score (nSPS) is 12.0. The van der Waals surface area contributed by atoms with E-state index < -0.39 is 63.8 Å². The van der Waals surface area contributed by atoms with Crippen LogP contribution in [0.1, 0.15) is 42.9 Å². The van der Waals surface area contributed by atoms with Crippen molar-refractivity contribution >= 4 is 0 Å². The molecule has 11 heteroatoms. The van der Waals surface area contributed by atoms with E-state index in [9.17, 15) is 22.0 Å². The Kier molecular flexibility index (Phi) is 9.89. The maximum absolute atomic E-state index is 15.2. The summed E-state index contributed by atoms with van der Waals surface area (Å²) < 4.78 is 147. The molecule has 1 nitrogen and oxygen atoms in total. The first-order valence-corrected chi connectivity index (χ1v) is 14.8. The topological polar surface area (TPSA) is 9.23 Å². The summed E-state index contributed by atoms with van der Waals surface area (Å²) in [6, 6.07) is 16.1. The van der Waals surface area contributed by atoms with E-state index in [0.29, 0.717) is 41.5 Å². The molecule has 48 heavy (non-hydrogen) atoms. The Morgan fingerprint density at radius 1 is 0.521 bits per heavy atom. The lowest BCUT2D eigenvalue weighted by Gasteiger charge is -2.20. The summed E-state index contributed by atoms with van der Waals surface area (Å²) in [5.41, 5.74) is -2.47. The molecule has 0 aliphatic rings. The van der Waals surface area contributed by atoms with E-state index in [1.165, 1.54) is 18.2 Å². The summed E-state index contributed by atoms with van der Waals surface area (Å²) in [7, 11) is 0. The molecule has 0 amide bonds. The van der Waals surface area contributed by atoms with Crippen LogP contribution in [0.4, 0.5) is 43.9 Å². The second kappa shape index (κ2) is 13.7. The quantitative estimate of drug-likeness (QED) is 0.106. The molecule has 250 valence electrons. The monoisotopic (exact) mass is 676 g/mol. The third kappa shape index (κ3) is 7.50. The fraction of sp³-hybridized carbons (Fsp3) is 0.189. The molecular formula is C37H26F10O. The number of hydrogen-bond acceptors (Lipinski definition) is 1. The predicted octanol–water partition coefficient (Wildman–Crippen LogP) is 12.3. The van der Waals surface area contributed by atoms with E-state index in [1.54, 1.807) is 0 Å². The Bertz CT molecular complexity index is 1910. The molecule has 0 heterocycles. The molecule has 0 radical (unpaired) electrons. The molecule has 0 aromatic heterocycles. The molecule has 0 saturated heterocycles. The van der Waals surface area contributed by atoms with Gasteiger partial charge >= 0.3 is 12.3 Å². The Morgan fingerprint density at radius 2 is 1.06 bits per heavy atom. The summed E-state index contributed by atoms with van der Waals surface area (Å²) in [6.07, 6.45) is -5.52. The number of ether oxygens (including phenoxy) is 1. The number of hydrogen-bond donors (Lipinski definition) is 0. The molecule has 0 N–H and O–H groups in total. The Balaban J connectivity index is 1.35. The first-order valence-electron chi connectivity index (χ1n) is 14.8. The van der Waals surface area contributed by atoms with Crippen LogP contribution in [0, 0.1) is 29.1 Å². The highest BCUT2D eigenvalue weighted by molar-refractivity contribution is 5.72. The zero-order chi connectivity index (χ0) is 34.8. The van der Waals surface area contributed by atoms with Crippen molar-refractivity contribution in [3.8, 4) is 39.1 Å². The summed E-state index contributed by atoms with van der Waals surface area (Å²) in [6.45, 7) is 2.11. The molecule has 0 fully saturated rings. The molecular weight excluding hydrogens is 650 g/mol. The van der Waals surface area contributed by atoms with Crippen LogP contribution in [0.2, 0.25) is 0 Å². The van der Waals surface area contributed by atoms with Crippen molar-refractivity contribution in [3.63, 3.8) is 0 Å². The standard InChI is InChI=1S/C37H26F10O/c1-2-3-4-5-21-6-8-22(9-7-21)23-10-13-28(30(38)16-23)25-18-33(41)35(34(42)19-25)37(46,47)48-26-12-14-27(31(39)20-26)24-11-15-29(32(40)17-24)36(43,44)45/h6-20H,2-5H2,1H3. The highest BCUT2D eigenvalue weighted by atomic mass is 19.4. The van der Waals surface area contributed by atoms with Crippen LogP contribution in [-0.2, 0) is 18.7 Å². The van der Waals surface area contributed by atoms with Crippen LogP contribution in [0.25, 0.3) is 33.4 Å². The highest BCUT2D eigenvalue weighted by Crippen LogP contribution is 2.40. The van der Waals surface area contributed by atoms with Crippen LogP contribution in [0.5, 0.6) is 5.75 Å². The number of alkyl halides is 5. The predicted molar refractivity (Wildman–Crippen MR) is 162 cm³/mol. The molecule has 0 aliphatic carbocycles. The van der Waals surface area contributed by atoms with Gasteiger partial charge in [0, 0.05) is 17.2 Å². The van der Waals surface area contributed by atoms with Crippen molar-refractivity contribution in [1.29, 1.82) is 0 Å². The van der Waals surface area contributed by atoms with Crippen LogP contribution in [0.15, 0.2) is 91.0 Å². The lowest BCUT2D eigenvalue weighted by Crippen LogP contribution is -2.25. The van der Waals surface area contributed by atoms with E-state index in [0.717, 1.165) is 49.4 Å². The minimum absolute atomic E-state index is 0.249. The number of rotatable bonds is 10. The van der Waals surface area contributed by atoms with Crippen molar-refractivity contribution < 1.29 is 48.6 Å². The third-order valence-corrected chi connectivity index (χ3v) is 7.74. The third-order valence-electron chi connectivity index (χ3n) is 7.74. The zero-order valence-corrected chi connectivity index (χ0v) is 25.2. The van der Waals surface area contributed by atoms with Crippen LogP contribution in [0.3, 0.4) is 0 Å². The summed E-state index contributed by atoms with van der Waals surface area (Å²) in [5.74, 6) is -8.26. The van der Waals surface area contributed by atoms with E-state index in [-0.39, 0.29) is 16.7 Å². The minimum atomic E-state index is -4.99. The molecule has 5 aromatic rings. The maximum atomic E-state index is 15.2. The Morgan fingerprint density at radius 3 is 1.65 bits per heavy atom. The van der Waals surface area contributed by atoms with Gasteiger partial charge in [-0.3, -0.25) is 0 Å². The molecule has 0 spiro atoms.